The second kappa shape index (κ2) is 6.62. The SMILES string of the molecule is COC(=O)CN1C(=O)[C@H](c2ccccc2)O[C@H]1c1ccccc1. The highest BCUT2D eigenvalue weighted by Gasteiger charge is 2.42. The summed E-state index contributed by atoms with van der Waals surface area (Å²) in [4.78, 5) is 25.8. The molecule has 0 bridgehead atoms. The third kappa shape index (κ3) is 3.10. The van der Waals surface area contributed by atoms with E-state index in [9.17, 15) is 9.59 Å². The number of hydrogen-bond donors (Lipinski definition) is 0. The van der Waals surface area contributed by atoms with E-state index in [1.165, 1.54) is 12.0 Å². The van der Waals surface area contributed by atoms with Gasteiger partial charge in [0.15, 0.2) is 12.3 Å². The van der Waals surface area contributed by atoms with Crippen molar-refractivity contribution in [1.82, 2.24) is 4.90 Å². The van der Waals surface area contributed by atoms with E-state index in [4.69, 9.17) is 9.47 Å². The number of hydrogen-bond acceptors (Lipinski definition) is 4. The molecule has 23 heavy (non-hydrogen) atoms. The lowest BCUT2D eigenvalue weighted by Gasteiger charge is -2.21. The van der Waals surface area contributed by atoms with Crippen LogP contribution in [-0.4, -0.2) is 30.4 Å². The van der Waals surface area contributed by atoms with Crippen LogP contribution in [0.1, 0.15) is 23.5 Å². The molecule has 0 aromatic heterocycles. The van der Waals surface area contributed by atoms with E-state index in [0.29, 0.717) is 0 Å². The summed E-state index contributed by atoms with van der Waals surface area (Å²) in [5.74, 6) is -0.716. The summed E-state index contributed by atoms with van der Waals surface area (Å²) in [7, 11) is 1.30. The minimum absolute atomic E-state index is 0.141. The largest absolute Gasteiger partial charge is 0.468 e. The Morgan fingerprint density at radius 1 is 1.04 bits per heavy atom. The van der Waals surface area contributed by atoms with Gasteiger partial charge in [0.2, 0.25) is 0 Å². The molecule has 0 unspecified atom stereocenters. The van der Waals surface area contributed by atoms with Gasteiger partial charge in [0.05, 0.1) is 7.11 Å². The average molecular weight is 311 g/mol. The van der Waals surface area contributed by atoms with Crippen LogP contribution in [0.2, 0.25) is 0 Å². The van der Waals surface area contributed by atoms with Crippen molar-refractivity contribution in [3.8, 4) is 0 Å². The standard InChI is InChI=1S/C18H17NO4/c1-22-15(20)12-19-17(21)16(13-8-4-2-5-9-13)23-18(19)14-10-6-3-7-11-14/h2-11,16,18H,12H2,1H3/t16-,18-/m0/s1. The molecule has 118 valence electrons. The van der Waals surface area contributed by atoms with Gasteiger partial charge in [-0.2, -0.15) is 0 Å². The van der Waals surface area contributed by atoms with Gasteiger partial charge in [0.25, 0.3) is 5.91 Å². The van der Waals surface area contributed by atoms with Crippen LogP contribution in [0.25, 0.3) is 0 Å². The van der Waals surface area contributed by atoms with Gasteiger partial charge >= 0.3 is 5.97 Å². The van der Waals surface area contributed by atoms with Crippen molar-refractivity contribution in [3.05, 3.63) is 71.8 Å². The van der Waals surface area contributed by atoms with E-state index in [-0.39, 0.29) is 12.5 Å². The first kappa shape index (κ1) is 15.2. The molecule has 5 nitrogen and oxygen atoms in total. The quantitative estimate of drug-likeness (QED) is 0.814. The molecule has 2 aromatic rings. The molecule has 3 rings (SSSR count). The van der Waals surface area contributed by atoms with Gasteiger partial charge in [-0.25, -0.2) is 0 Å². The van der Waals surface area contributed by atoms with Crippen LogP contribution in [0.5, 0.6) is 0 Å². The monoisotopic (exact) mass is 311 g/mol. The molecule has 0 spiro atoms. The summed E-state index contributed by atoms with van der Waals surface area (Å²) < 4.78 is 10.7. The number of nitrogens with zero attached hydrogens (tertiary/aromatic N) is 1. The lowest BCUT2D eigenvalue weighted by Crippen LogP contribution is -2.34. The van der Waals surface area contributed by atoms with Crippen LogP contribution in [0.3, 0.4) is 0 Å². The zero-order valence-corrected chi connectivity index (χ0v) is 12.7. The molecule has 2 aromatic carbocycles. The van der Waals surface area contributed by atoms with Crippen LogP contribution < -0.4 is 0 Å². The van der Waals surface area contributed by atoms with E-state index in [1.807, 2.05) is 60.7 Å². The van der Waals surface area contributed by atoms with Gasteiger partial charge in [-0.3, -0.25) is 14.5 Å². The van der Waals surface area contributed by atoms with Gasteiger partial charge < -0.3 is 9.47 Å². The van der Waals surface area contributed by atoms with Crippen LogP contribution in [0, 0.1) is 0 Å². The van der Waals surface area contributed by atoms with E-state index in [1.54, 1.807) is 0 Å². The molecule has 1 fully saturated rings. The Bertz CT molecular complexity index is 687. The maximum Gasteiger partial charge on any atom is 0.325 e. The Hall–Kier alpha value is -2.66. The average Bonchev–Trinajstić information content (AvgIpc) is 2.93. The van der Waals surface area contributed by atoms with Gasteiger partial charge in [-0.15, -0.1) is 0 Å². The summed E-state index contributed by atoms with van der Waals surface area (Å²) in [6.07, 6.45) is -1.32. The highest BCUT2D eigenvalue weighted by molar-refractivity contribution is 5.87. The molecule has 5 heteroatoms. The number of methoxy groups -OCH3 is 1. The van der Waals surface area contributed by atoms with Crippen molar-refractivity contribution in [2.75, 3.05) is 13.7 Å². The summed E-state index contributed by atoms with van der Waals surface area (Å²) in [6.45, 7) is -0.141. The number of amides is 1. The number of ether oxygens (including phenoxy) is 2. The highest BCUT2D eigenvalue weighted by Crippen LogP contribution is 2.38. The van der Waals surface area contributed by atoms with Crippen LogP contribution in [0.4, 0.5) is 0 Å². The Kier molecular flexibility index (Phi) is 4.39. The molecule has 0 saturated carbocycles. The van der Waals surface area contributed by atoms with Gasteiger partial charge in [0, 0.05) is 5.56 Å². The predicted molar refractivity (Wildman–Crippen MR) is 83.2 cm³/mol. The fourth-order valence-corrected chi connectivity index (χ4v) is 2.62. The predicted octanol–water partition coefficient (Wildman–Crippen LogP) is 2.46. The molecule has 1 saturated heterocycles. The lowest BCUT2D eigenvalue weighted by atomic mass is 10.1. The van der Waals surface area contributed by atoms with Gasteiger partial charge in [-0.1, -0.05) is 60.7 Å². The topological polar surface area (TPSA) is 55.8 Å². The molecular weight excluding hydrogens is 294 g/mol. The number of carbonyl (C=O) groups excluding carboxylic acids is 2. The maximum atomic E-state index is 12.7. The van der Waals surface area contributed by atoms with Crippen LogP contribution in [0.15, 0.2) is 60.7 Å². The second-order valence-corrected chi connectivity index (χ2v) is 5.23. The molecule has 0 aliphatic carbocycles. The lowest BCUT2D eigenvalue weighted by molar-refractivity contribution is -0.147. The zero-order valence-electron chi connectivity index (χ0n) is 12.7. The number of rotatable bonds is 4. The zero-order chi connectivity index (χ0) is 16.2. The van der Waals surface area contributed by atoms with Crippen LogP contribution >= 0.6 is 0 Å². The van der Waals surface area contributed by atoms with Crippen molar-refractivity contribution in [2.24, 2.45) is 0 Å². The van der Waals surface area contributed by atoms with E-state index in [0.717, 1.165) is 11.1 Å². The van der Waals surface area contributed by atoms with Gasteiger partial charge in [-0.05, 0) is 5.56 Å². The number of carbonyl (C=O) groups is 2. The molecular formula is C18H17NO4. The molecule has 0 N–H and O–H groups in total. The number of esters is 1. The minimum Gasteiger partial charge on any atom is -0.468 e. The Morgan fingerprint density at radius 2 is 1.61 bits per heavy atom. The fourth-order valence-electron chi connectivity index (χ4n) is 2.62. The normalized spacial score (nSPS) is 20.6. The first-order valence-corrected chi connectivity index (χ1v) is 7.33. The second-order valence-electron chi connectivity index (χ2n) is 5.23. The fraction of sp³-hybridized carbons (Fsp3) is 0.222. The summed E-state index contributed by atoms with van der Waals surface area (Å²) >= 11 is 0. The first-order chi connectivity index (χ1) is 11.2. The van der Waals surface area contributed by atoms with Crippen molar-refractivity contribution in [3.63, 3.8) is 0 Å². The summed E-state index contributed by atoms with van der Waals surface area (Å²) in [6, 6.07) is 18.6. The first-order valence-electron chi connectivity index (χ1n) is 7.33. The van der Waals surface area contributed by atoms with Gasteiger partial charge in [0.1, 0.15) is 6.54 Å². The highest BCUT2D eigenvalue weighted by atomic mass is 16.5. The minimum atomic E-state index is -0.717. The molecule has 1 aliphatic rings. The maximum absolute atomic E-state index is 12.7. The number of benzene rings is 2. The Morgan fingerprint density at radius 3 is 2.17 bits per heavy atom. The van der Waals surface area contributed by atoms with Crippen molar-refractivity contribution in [2.45, 2.75) is 12.3 Å². The third-order valence-corrected chi connectivity index (χ3v) is 3.77. The van der Waals surface area contributed by atoms with E-state index < -0.39 is 18.3 Å². The van der Waals surface area contributed by atoms with Crippen LogP contribution in [-0.2, 0) is 19.1 Å². The molecule has 2 atom stereocenters. The molecule has 1 aliphatic heterocycles. The van der Waals surface area contributed by atoms with Crippen molar-refractivity contribution >= 4 is 11.9 Å². The summed E-state index contributed by atoms with van der Waals surface area (Å²) in [5.41, 5.74) is 1.59. The molecule has 1 heterocycles. The van der Waals surface area contributed by atoms with Crippen molar-refractivity contribution < 1.29 is 19.1 Å². The third-order valence-electron chi connectivity index (χ3n) is 3.77. The Labute approximate surface area is 134 Å². The smallest absolute Gasteiger partial charge is 0.325 e. The molecule has 0 radical (unpaired) electrons. The van der Waals surface area contributed by atoms with E-state index in [2.05, 4.69) is 0 Å². The Balaban J connectivity index is 1.93. The van der Waals surface area contributed by atoms with Crippen molar-refractivity contribution in [1.29, 1.82) is 0 Å². The molecule has 1 amide bonds. The van der Waals surface area contributed by atoms with E-state index >= 15 is 0 Å². The summed E-state index contributed by atoms with van der Waals surface area (Å²) in [5, 5.41) is 0.